The van der Waals surface area contributed by atoms with Crippen molar-refractivity contribution in [2.24, 2.45) is 0 Å². The lowest BCUT2D eigenvalue weighted by Gasteiger charge is -2.10. The SMILES string of the molecule is Cc1ccoc1C(=O)Nc1ccc(OCC(F)(F)F)cc1. The number of nitrogens with one attached hydrogen (secondary N) is 1. The number of rotatable bonds is 4. The van der Waals surface area contributed by atoms with Crippen molar-refractivity contribution in [3.8, 4) is 5.75 Å². The van der Waals surface area contributed by atoms with Gasteiger partial charge in [-0.3, -0.25) is 4.79 Å². The number of hydrogen-bond donors (Lipinski definition) is 1. The second-order valence-corrected chi connectivity index (χ2v) is 4.32. The van der Waals surface area contributed by atoms with E-state index in [2.05, 4.69) is 10.1 Å². The smallest absolute Gasteiger partial charge is 0.422 e. The van der Waals surface area contributed by atoms with Crippen LogP contribution in [0.25, 0.3) is 0 Å². The van der Waals surface area contributed by atoms with Crippen molar-refractivity contribution in [1.29, 1.82) is 0 Å². The molecule has 0 fully saturated rings. The number of halogens is 3. The van der Waals surface area contributed by atoms with Crippen LogP contribution in [0.2, 0.25) is 0 Å². The number of carbonyl (C=O) groups excluding carboxylic acids is 1. The number of hydrogen-bond acceptors (Lipinski definition) is 3. The molecule has 0 saturated carbocycles. The van der Waals surface area contributed by atoms with Crippen molar-refractivity contribution in [2.45, 2.75) is 13.1 Å². The van der Waals surface area contributed by atoms with Crippen molar-refractivity contribution in [3.05, 3.63) is 47.9 Å². The van der Waals surface area contributed by atoms with Crippen LogP contribution < -0.4 is 10.1 Å². The lowest BCUT2D eigenvalue weighted by Crippen LogP contribution is -2.19. The van der Waals surface area contributed by atoms with Gasteiger partial charge in [-0.25, -0.2) is 0 Å². The van der Waals surface area contributed by atoms with Crippen LogP contribution in [0, 0.1) is 6.92 Å². The molecule has 2 rings (SSSR count). The Bertz CT molecular complexity index is 617. The van der Waals surface area contributed by atoms with Crippen LogP contribution in [0.3, 0.4) is 0 Å². The topological polar surface area (TPSA) is 51.5 Å². The van der Waals surface area contributed by atoms with Crippen molar-refractivity contribution in [2.75, 3.05) is 11.9 Å². The van der Waals surface area contributed by atoms with E-state index < -0.39 is 18.7 Å². The molecule has 7 heteroatoms. The molecule has 1 N–H and O–H groups in total. The first kappa shape index (κ1) is 15.0. The zero-order valence-corrected chi connectivity index (χ0v) is 11.0. The summed E-state index contributed by atoms with van der Waals surface area (Å²) < 4.78 is 45.6. The number of anilines is 1. The van der Waals surface area contributed by atoms with Gasteiger partial charge in [0, 0.05) is 11.3 Å². The number of amides is 1. The first-order valence-corrected chi connectivity index (χ1v) is 6.00. The number of carbonyl (C=O) groups is 1. The van der Waals surface area contributed by atoms with Gasteiger partial charge in [0.25, 0.3) is 5.91 Å². The molecule has 0 aliphatic heterocycles. The van der Waals surface area contributed by atoms with E-state index >= 15 is 0 Å². The van der Waals surface area contributed by atoms with Crippen LogP contribution >= 0.6 is 0 Å². The molecule has 0 aliphatic rings. The van der Waals surface area contributed by atoms with Gasteiger partial charge in [0.1, 0.15) is 5.75 Å². The molecule has 0 radical (unpaired) electrons. The fourth-order valence-electron chi connectivity index (χ4n) is 1.59. The standard InChI is InChI=1S/C14H12F3NO3/c1-9-6-7-20-12(9)13(19)18-10-2-4-11(5-3-10)21-8-14(15,16)17/h2-7H,8H2,1H3,(H,18,19). The van der Waals surface area contributed by atoms with Gasteiger partial charge in [-0.05, 0) is 37.3 Å². The number of benzene rings is 1. The van der Waals surface area contributed by atoms with Gasteiger partial charge >= 0.3 is 6.18 Å². The summed E-state index contributed by atoms with van der Waals surface area (Å²) >= 11 is 0. The van der Waals surface area contributed by atoms with Crippen LogP contribution in [0.4, 0.5) is 18.9 Å². The monoisotopic (exact) mass is 299 g/mol. The molecule has 1 aromatic carbocycles. The summed E-state index contributed by atoms with van der Waals surface area (Å²) in [5, 5.41) is 2.57. The maximum atomic E-state index is 12.0. The van der Waals surface area contributed by atoms with E-state index in [1.165, 1.54) is 30.5 Å². The third-order valence-corrected chi connectivity index (χ3v) is 2.58. The highest BCUT2D eigenvalue weighted by molar-refractivity contribution is 6.03. The Morgan fingerprint density at radius 2 is 1.90 bits per heavy atom. The highest BCUT2D eigenvalue weighted by Gasteiger charge is 2.28. The molecular formula is C14H12F3NO3. The summed E-state index contributed by atoms with van der Waals surface area (Å²) in [7, 11) is 0. The van der Waals surface area contributed by atoms with Crippen molar-refractivity contribution >= 4 is 11.6 Å². The molecule has 2 aromatic rings. The molecular weight excluding hydrogens is 287 g/mol. The minimum atomic E-state index is -4.39. The minimum Gasteiger partial charge on any atom is -0.484 e. The van der Waals surface area contributed by atoms with Crippen LogP contribution in [0.15, 0.2) is 41.0 Å². The summed E-state index contributed by atoms with van der Waals surface area (Å²) in [6.45, 7) is 0.372. The Labute approximate surface area is 118 Å². The summed E-state index contributed by atoms with van der Waals surface area (Å²) in [6.07, 6.45) is -2.98. The van der Waals surface area contributed by atoms with Gasteiger partial charge in [0.15, 0.2) is 12.4 Å². The van der Waals surface area contributed by atoms with Gasteiger partial charge in [-0.2, -0.15) is 13.2 Å². The highest BCUT2D eigenvalue weighted by Crippen LogP contribution is 2.21. The van der Waals surface area contributed by atoms with Crippen molar-refractivity contribution in [1.82, 2.24) is 0 Å². The normalized spacial score (nSPS) is 11.2. The summed E-state index contributed by atoms with van der Waals surface area (Å²) in [6, 6.07) is 7.24. The van der Waals surface area contributed by atoms with Crippen LogP contribution in [-0.4, -0.2) is 18.7 Å². The maximum Gasteiger partial charge on any atom is 0.422 e. The molecule has 4 nitrogen and oxygen atoms in total. The van der Waals surface area contributed by atoms with E-state index in [-0.39, 0.29) is 11.5 Å². The average molecular weight is 299 g/mol. The summed E-state index contributed by atoms with van der Waals surface area (Å²) in [4.78, 5) is 11.9. The van der Waals surface area contributed by atoms with Crippen LogP contribution in [-0.2, 0) is 0 Å². The molecule has 0 spiro atoms. The Kier molecular flexibility index (Phi) is 4.21. The number of alkyl halides is 3. The number of furan rings is 1. The second-order valence-electron chi connectivity index (χ2n) is 4.32. The Balaban J connectivity index is 1.96. The van der Waals surface area contributed by atoms with E-state index in [1.54, 1.807) is 13.0 Å². The van der Waals surface area contributed by atoms with Crippen LogP contribution in [0.1, 0.15) is 16.1 Å². The van der Waals surface area contributed by atoms with Gasteiger partial charge in [-0.15, -0.1) is 0 Å². The van der Waals surface area contributed by atoms with E-state index in [4.69, 9.17) is 4.42 Å². The molecule has 1 amide bonds. The van der Waals surface area contributed by atoms with Gasteiger partial charge in [-0.1, -0.05) is 0 Å². The van der Waals surface area contributed by atoms with Crippen LogP contribution in [0.5, 0.6) is 5.75 Å². The molecule has 1 heterocycles. The molecule has 21 heavy (non-hydrogen) atoms. The maximum absolute atomic E-state index is 12.0. The van der Waals surface area contributed by atoms with E-state index in [9.17, 15) is 18.0 Å². The quantitative estimate of drug-likeness (QED) is 0.934. The predicted molar refractivity (Wildman–Crippen MR) is 69.4 cm³/mol. The van der Waals surface area contributed by atoms with Crippen molar-refractivity contribution < 1.29 is 27.1 Å². The molecule has 1 aromatic heterocycles. The molecule has 0 unspecified atom stereocenters. The fraction of sp³-hybridized carbons (Fsp3) is 0.214. The fourth-order valence-corrected chi connectivity index (χ4v) is 1.59. The average Bonchev–Trinajstić information content (AvgIpc) is 2.83. The zero-order chi connectivity index (χ0) is 15.5. The molecule has 0 atom stereocenters. The van der Waals surface area contributed by atoms with E-state index in [1.807, 2.05) is 0 Å². The summed E-state index contributed by atoms with van der Waals surface area (Å²) in [5.41, 5.74) is 1.12. The minimum absolute atomic E-state index is 0.0690. The molecule has 0 aliphatic carbocycles. The van der Waals surface area contributed by atoms with E-state index in [0.29, 0.717) is 11.3 Å². The van der Waals surface area contributed by atoms with Gasteiger partial charge in [0.2, 0.25) is 0 Å². The summed E-state index contributed by atoms with van der Waals surface area (Å²) in [5.74, 6) is -0.173. The zero-order valence-electron chi connectivity index (χ0n) is 11.0. The first-order chi connectivity index (χ1) is 9.85. The van der Waals surface area contributed by atoms with E-state index in [0.717, 1.165) is 0 Å². The first-order valence-electron chi connectivity index (χ1n) is 6.00. The van der Waals surface area contributed by atoms with Gasteiger partial charge < -0.3 is 14.5 Å². The molecule has 0 saturated heterocycles. The Hall–Kier alpha value is -2.44. The lowest BCUT2D eigenvalue weighted by molar-refractivity contribution is -0.153. The van der Waals surface area contributed by atoms with Gasteiger partial charge in [0.05, 0.1) is 6.26 Å². The largest absolute Gasteiger partial charge is 0.484 e. The Morgan fingerprint density at radius 3 is 2.43 bits per heavy atom. The number of ether oxygens (including phenoxy) is 1. The lowest BCUT2D eigenvalue weighted by atomic mass is 10.2. The highest BCUT2D eigenvalue weighted by atomic mass is 19.4. The number of aryl methyl sites for hydroxylation is 1. The third-order valence-electron chi connectivity index (χ3n) is 2.58. The predicted octanol–water partition coefficient (Wildman–Crippen LogP) is 3.78. The second kappa shape index (κ2) is 5.90. The van der Waals surface area contributed by atoms with Crippen molar-refractivity contribution in [3.63, 3.8) is 0 Å². The Morgan fingerprint density at radius 1 is 1.24 bits per heavy atom. The molecule has 0 bridgehead atoms. The third kappa shape index (κ3) is 4.27. The molecule has 112 valence electrons.